The minimum Gasteiger partial charge on any atom is -0.492 e. The number of carbonyl (C=O) groups is 1. The van der Waals surface area contributed by atoms with Crippen LogP contribution in [0.15, 0.2) is 24.5 Å². The maximum absolute atomic E-state index is 11.0. The number of nitrogens with zero attached hydrogens (tertiary/aromatic N) is 4. The summed E-state index contributed by atoms with van der Waals surface area (Å²) in [6, 6.07) is 5.23. The molecule has 0 fully saturated rings. The molecule has 0 radical (unpaired) electrons. The number of hydrogen-bond donors (Lipinski definition) is 1. The summed E-state index contributed by atoms with van der Waals surface area (Å²) in [6.07, 6.45) is 1.46. The quantitative estimate of drug-likeness (QED) is 0.796. The lowest BCUT2D eigenvalue weighted by Gasteiger charge is -2.04. The van der Waals surface area contributed by atoms with Gasteiger partial charge < -0.3 is 9.84 Å². The van der Waals surface area contributed by atoms with Crippen LogP contribution in [0.25, 0.3) is 5.69 Å². The van der Waals surface area contributed by atoms with Crippen LogP contribution in [-0.4, -0.2) is 37.9 Å². The molecule has 0 aliphatic carbocycles. The standard InChI is InChI=1S/C10H8N4O3/c15-10(16)8-4-17-9-3-6(1-2-7(8)9)14-5-11-12-13-14/h1-3,5,8H,4H2,(H,15,16). The number of tetrazole rings is 1. The fraction of sp³-hybridized carbons (Fsp3) is 0.200. The summed E-state index contributed by atoms with van der Waals surface area (Å²) in [5.41, 5.74) is 1.43. The molecular formula is C10H8N4O3. The van der Waals surface area contributed by atoms with Gasteiger partial charge in [-0.3, -0.25) is 4.79 Å². The van der Waals surface area contributed by atoms with E-state index < -0.39 is 11.9 Å². The van der Waals surface area contributed by atoms with E-state index in [2.05, 4.69) is 15.5 Å². The minimum absolute atomic E-state index is 0.170. The zero-order valence-corrected chi connectivity index (χ0v) is 8.65. The number of rotatable bonds is 2. The molecule has 1 aromatic heterocycles. The lowest BCUT2D eigenvalue weighted by molar-refractivity contribution is -0.138. The molecule has 3 rings (SSSR count). The number of benzene rings is 1. The third kappa shape index (κ3) is 1.52. The number of aromatic nitrogens is 4. The van der Waals surface area contributed by atoms with Crippen molar-refractivity contribution >= 4 is 5.97 Å². The van der Waals surface area contributed by atoms with Gasteiger partial charge in [-0.2, -0.15) is 0 Å². The molecule has 7 heteroatoms. The number of hydrogen-bond acceptors (Lipinski definition) is 5. The molecule has 7 nitrogen and oxygen atoms in total. The van der Waals surface area contributed by atoms with Crippen LogP contribution >= 0.6 is 0 Å². The lowest BCUT2D eigenvalue weighted by atomic mass is 10.0. The normalized spacial score (nSPS) is 17.5. The van der Waals surface area contributed by atoms with E-state index in [1.807, 2.05) is 0 Å². The van der Waals surface area contributed by atoms with Crippen molar-refractivity contribution in [3.8, 4) is 11.4 Å². The van der Waals surface area contributed by atoms with Crippen molar-refractivity contribution in [3.05, 3.63) is 30.1 Å². The predicted molar refractivity (Wildman–Crippen MR) is 55.0 cm³/mol. The Hall–Kier alpha value is -2.44. The molecule has 2 aromatic rings. The third-order valence-corrected chi connectivity index (χ3v) is 2.69. The molecule has 0 saturated heterocycles. The summed E-state index contributed by atoms with van der Waals surface area (Å²) in [6.45, 7) is 0.170. The number of ether oxygens (including phenoxy) is 1. The Labute approximate surface area is 95.6 Å². The number of fused-ring (bicyclic) bond motifs is 1. The van der Waals surface area contributed by atoms with Gasteiger partial charge in [0.2, 0.25) is 0 Å². The van der Waals surface area contributed by atoms with E-state index in [1.165, 1.54) is 11.0 Å². The number of carboxylic acid groups (broad SMARTS) is 1. The van der Waals surface area contributed by atoms with Gasteiger partial charge >= 0.3 is 5.97 Å². The van der Waals surface area contributed by atoms with Crippen molar-refractivity contribution in [2.24, 2.45) is 0 Å². The highest BCUT2D eigenvalue weighted by molar-refractivity contribution is 5.78. The van der Waals surface area contributed by atoms with Crippen molar-refractivity contribution in [2.45, 2.75) is 5.92 Å². The molecule has 1 aromatic carbocycles. The minimum atomic E-state index is -0.876. The highest BCUT2D eigenvalue weighted by atomic mass is 16.5. The van der Waals surface area contributed by atoms with Gasteiger partial charge in [0.25, 0.3) is 0 Å². The average Bonchev–Trinajstić information content (AvgIpc) is 2.97. The van der Waals surface area contributed by atoms with Gasteiger partial charge in [0.15, 0.2) is 0 Å². The molecule has 2 heterocycles. The van der Waals surface area contributed by atoms with Crippen molar-refractivity contribution in [2.75, 3.05) is 6.61 Å². The second-order valence-corrected chi connectivity index (χ2v) is 3.68. The average molecular weight is 232 g/mol. The zero-order valence-electron chi connectivity index (χ0n) is 8.65. The van der Waals surface area contributed by atoms with Crippen LogP contribution in [0.2, 0.25) is 0 Å². The van der Waals surface area contributed by atoms with Crippen LogP contribution in [0.1, 0.15) is 11.5 Å². The smallest absolute Gasteiger partial charge is 0.314 e. The first-order chi connectivity index (χ1) is 8.25. The fourth-order valence-electron chi connectivity index (χ4n) is 1.83. The molecule has 1 N–H and O–H groups in total. The summed E-state index contributed by atoms with van der Waals surface area (Å²) >= 11 is 0. The predicted octanol–water partition coefficient (Wildman–Crippen LogP) is 0.223. The number of aliphatic carboxylic acids is 1. The topological polar surface area (TPSA) is 90.1 Å². The summed E-state index contributed by atoms with van der Waals surface area (Å²) in [7, 11) is 0. The van der Waals surface area contributed by atoms with Crippen molar-refractivity contribution < 1.29 is 14.6 Å². The molecule has 1 aliphatic heterocycles. The molecule has 1 unspecified atom stereocenters. The van der Waals surface area contributed by atoms with Crippen LogP contribution in [-0.2, 0) is 4.79 Å². The Bertz CT molecular complexity index is 567. The molecule has 0 saturated carbocycles. The monoisotopic (exact) mass is 232 g/mol. The van der Waals surface area contributed by atoms with Gasteiger partial charge in [-0.15, -0.1) is 5.10 Å². The molecule has 0 bridgehead atoms. The van der Waals surface area contributed by atoms with Crippen LogP contribution < -0.4 is 4.74 Å². The van der Waals surface area contributed by atoms with E-state index in [4.69, 9.17) is 9.84 Å². The largest absolute Gasteiger partial charge is 0.492 e. The van der Waals surface area contributed by atoms with E-state index in [0.29, 0.717) is 11.3 Å². The highest BCUT2D eigenvalue weighted by Gasteiger charge is 2.30. The van der Waals surface area contributed by atoms with Gasteiger partial charge in [0.1, 0.15) is 24.6 Å². The Morgan fingerprint density at radius 3 is 3.12 bits per heavy atom. The Kier molecular flexibility index (Phi) is 2.04. The molecular weight excluding hydrogens is 224 g/mol. The van der Waals surface area contributed by atoms with Gasteiger partial charge in [0, 0.05) is 11.6 Å². The maximum atomic E-state index is 11.0. The van der Waals surface area contributed by atoms with E-state index in [9.17, 15) is 4.79 Å². The van der Waals surface area contributed by atoms with Crippen molar-refractivity contribution in [1.29, 1.82) is 0 Å². The second kappa shape index (κ2) is 3.55. The highest BCUT2D eigenvalue weighted by Crippen LogP contribution is 2.35. The van der Waals surface area contributed by atoms with Crippen molar-refractivity contribution in [3.63, 3.8) is 0 Å². The van der Waals surface area contributed by atoms with Crippen molar-refractivity contribution in [1.82, 2.24) is 20.2 Å². The lowest BCUT2D eigenvalue weighted by Crippen LogP contribution is -2.12. The molecule has 86 valence electrons. The van der Waals surface area contributed by atoms with E-state index >= 15 is 0 Å². The van der Waals surface area contributed by atoms with Crippen LogP contribution in [0.4, 0.5) is 0 Å². The fourth-order valence-corrected chi connectivity index (χ4v) is 1.83. The molecule has 0 amide bonds. The summed E-state index contributed by atoms with van der Waals surface area (Å²) in [4.78, 5) is 11.0. The third-order valence-electron chi connectivity index (χ3n) is 2.69. The Morgan fingerprint density at radius 1 is 1.53 bits per heavy atom. The first kappa shape index (κ1) is 9.76. The number of carboxylic acids is 1. The Balaban J connectivity index is 2.02. The van der Waals surface area contributed by atoms with Gasteiger partial charge in [0.05, 0.1) is 5.69 Å². The van der Waals surface area contributed by atoms with E-state index in [0.717, 1.165) is 5.69 Å². The maximum Gasteiger partial charge on any atom is 0.314 e. The van der Waals surface area contributed by atoms with E-state index in [-0.39, 0.29) is 6.61 Å². The van der Waals surface area contributed by atoms with E-state index in [1.54, 1.807) is 18.2 Å². The van der Waals surface area contributed by atoms with Crippen LogP contribution in [0.5, 0.6) is 5.75 Å². The van der Waals surface area contributed by atoms with Crippen LogP contribution in [0, 0.1) is 0 Å². The summed E-state index contributed by atoms with van der Waals surface area (Å²) in [5.74, 6) is -0.891. The second-order valence-electron chi connectivity index (χ2n) is 3.68. The molecule has 1 atom stereocenters. The first-order valence-corrected chi connectivity index (χ1v) is 4.98. The SMILES string of the molecule is O=C(O)C1COc2cc(-n3cnnn3)ccc21. The molecule has 17 heavy (non-hydrogen) atoms. The van der Waals surface area contributed by atoms with Gasteiger partial charge in [-0.1, -0.05) is 6.07 Å². The molecule has 0 spiro atoms. The first-order valence-electron chi connectivity index (χ1n) is 4.98. The van der Waals surface area contributed by atoms with Crippen LogP contribution in [0.3, 0.4) is 0 Å². The zero-order chi connectivity index (χ0) is 11.8. The van der Waals surface area contributed by atoms with Gasteiger partial charge in [-0.25, -0.2) is 4.68 Å². The molecule has 1 aliphatic rings. The summed E-state index contributed by atoms with van der Waals surface area (Å²) in [5, 5.41) is 19.8. The summed E-state index contributed by atoms with van der Waals surface area (Å²) < 4.78 is 6.83. The Morgan fingerprint density at radius 2 is 2.41 bits per heavy atom. The van der Waals surface area contributed by atoms with Gasteiger partial charge in [-0.05, 0) is 16.5 Å².